The predicted molar refractivity (Wildman–Crippen MR) is 90.5 cm³/mol. The second kappa shape index (κ2) is 5.97. The summed E-state index contributed by atoms with van der Waals surface area (Å²) in [5.74, 6) is 1.20. The van der Waals surface area contributed by atoms with Gasteiger partial charge in [0.15, 0.2) is 0 Å². The zero-order valence-corrected chi connectivity index (χ0v) is 14.9. The van der Waals surface area contributed by atoms with Gasteiger partial charge >= 0.3 is 0 Å². The molecule has 3 aliphatic rings. The number of carbonyl (C=O) groups excluding carboxylic acids is 1. The molecule has 0 radical (unpaired) electrons. The highest BCUT2D eigenvalue weighted by molar-refractivity contribution is 7.89. The minimum absolute atomic E-state index is 0.247. The van der Waals surface area contributed by atoms with Crippen molar-refractivity contribution >= 4 is 15.9 Å². The number of halogens is 1. The van der Waals surface area contributed by atoms with Gasteiger partial charge in [0.05, 0.1) is 18.4 Å². The van der Waals surface area contributed by atoms with Gasteiger partial charge in [0, 0.05) is 6.07 Å². The van der Waals surface area contributed by atoms with Crippen molar-refractivity contribution in [1.82, 2.24) is 4.72 Å². The Balaban J connectivity index is 1.53. The predicted octanol–water partition coefficient (Wildman–Crippen LogP) is 2.82. The minimum atomic E-state index is -3.74. The van der Waals surface area contributed by atoms with Gasteiger partial charge in [-0.15, -0.1) is 0 Å². The lowest BCUT2D eigenvalue weighted by atomic mass is 10.0. The molecule has 3 atom stereocenters. The Morgan fingerprint density at radius 1 is 1.24 bits per heavy atom. The van der Waals surface area contributed by atoms with Crippen LogP contribution in [-0.4, -0.2) is 27.2 Å². The third-order valence-electron chi connectivity index (χ3n) is 5.65. The number of hydrogen-bond acceptors (Lipinski definition) is 4. The highest BCUT2D eigenvalue weighted by Gasteiger charge is 2.52. The van der Waals surface area contributed by atoms with Crippen molar-refractivity contribution in [3.8, 4) is 5.75 Å². The van der Waals surface area contributed by atoms with Crippen molar-refractivity contribution in [2.45, 2.75) is 38.0 Å². The Kier molecular flexibility index (Phi) is 4.02. The van der Waals surface area contributed by atoms with E-state index < -0.39 is 21.7 Å². The quantitative estimate of drug-likeness (QED) is 0.839. The van der Waals surface area contributed by atoms with E-state index in [-0.39, 0.29) is 11.5 Å². The Hall–Kier alpha value is -1.63. The highest BCUT2D eigenvalue weighted by atomic mass is 32.2. The fourth-order valence-electron chi connectivity index (χ4n) is 4.21. The second-order valence-electron chi connectivity index (χ2n) is 7.58. The Labute approximate surface area is 147 Å². The van der Waals surface area contributed by atoms with E-state index in [9.17, 15) is 17.6 Å². The lowest BCUT2D eigenvalue weighted by Gasteiger charge is -2.14. The molecule has 3 saturated carbocycles. The third-order valence-corrected chi connectivity index (χ3v) is 6.21. The van der Waals surface area contributed by atoms with Crippen LogP contribution >= 0.6 is 0 Å². The van der Waals surface area contributed by atoms with Crippen molar-refractivity contribution in [3.05, 3.63) is 29.1 Å². The van der Waals surface area contributed by atoms with Gasteiger partial charge in [-0.25, -0.2) is 17.5 Å². The van der Waals surface area contributed by atoms with E-state index in [2.05, 4.69) is 0 Å². The smallest absolute Gasteiger partial charge is 0.267 e. The molecule has 3 aliphatic carbocycles. The van der Waals surface area contributed by atoms with Gasteiger partial charge in [-0.05, 0) is 61.0 Å². The molecule has 3 fully saturated rings. The van der Waals surface area contributed by atoms with Gasteiger partial charge in [0.1, 0.15) is 11.6 Å². The van der Waals surface area contributed by atoms with Gasteiger partial charge < -0.3 is 4.74 Å². The maximum absolute atomic E-state index is 14.4. The van der Waals surface area contributed by atoms with Crippen LogP contribution in [0.4, 0.5) is 4.39 Å². The molecular formula is C18H22FNO4S. The first-order chi connectivity index (χ1) is 11.8. The molecular weight excluding hydrogens is 345 g/mol. The van der Waals surface area contributed by atoms with Gasteiger partial charge in [-0.2, -0.15) is 0 Å². The van der Waals surface area contributed by atoms with Crippen LogP contribution in [0.3, 0.4) is 0 Å². The molecule has 0 spiro atoms. The number of rotatable bonds is 6. The fraction of sp³-hybridized carbons (Fsp3) is 0.611. The third kappa shape index (κ3) is 3.52. The summed E-state index contributed by atoms with van der Waals surface area (Å²) in [4.78, 5) is 12.0. The first-order valence-electron chi connectivity index (χ1n) is 8.82. The van der Waals surface area contributed by atoms with Crippen molar-refractivity contribution in [2.24, 2.45) is 17.8 Å². The second-order valence-corrected chi connectivity index (χ2v) is 9.33. The van der Waals surface area contributed by atoms with E-state index in [0.29, 0.717) is 18.3 Å². The summed E-state index contributed by atoms with van der Waals surface area (Å²) < 4.78 is 44.6. The first-order valence-corrected chi connectivity index (χ1v) is 10.7. The van der Waals surface area contributed by atoms with E-state index in [4.69, 9.17) is 4.74 Å². The summed E-state index contributed by atoms with van der Waals surface area (Å²) in [5, 5.41) is 0. The molecule has 25 heavy (non-hydrogen) atoms. The average molecular weight is 367 g/mol. The van der Waals surface area contributed by atoms with Crippen LogP contribution in [-0.2, 0) is 10.0 Å². The SMILES string of the molecule is CS(=O)(=O)NC(=O)c1cc(C2CC2)c(OCC2[C@H]3CCC[C@@H]23)cc1F. The number of ether oxygens (including phenoxy) is 1. The molecule has 1 amide bonds. The molecule has 7 heteroatoms. The summed E-state index contributed by atoms with van der Waals surface area (Å²) >= 11 is 0. The maximum Gasteiger partial charge on any atom is 0.267 e. The van der Waals surface area contributed by atoms with Crippen LogP contribution < -0.4 is 9.46 Å². The maximum atomic E-state index is 14.4. The monoisotopic (exact) mass is 367 g/mol. The molecule has 0 heterocycles. The molecule has 4 rings (SSSR count). The van der Waals surface area contributed by atoms with Gasteiger partial charge in [-0.3, -0.25) is 4.79 Å². The number of nitrogens with one attached hydrogen (secondary N) is 1. The molecule has 1 aromatic rings. The molecule has 1 unspecified atom stereocenters. The molecule has 5 nitrogen and oxygen atoms in total. The van der Waals surface area contributed by atoms with Gasteiger partial charge in [0.2, 0.25) is 10.0 Å². The zero-order chi connectivity index (χ0) is 17.8. The van der Waals surface area contributed by atoms with Crippen LogP contribution in [0.1, 0.15) is 53.9 Å². The van der Waals surface area contributed by atoms with E-state index in [0.717, 1.165) is 36.5 Å². The number of amides is 1. The van der Waals surface area contributed by atoms with E-state index in [1.54, 1.807) is 0 Å². The molecule has 0 saturated heterocycles. The normalized spacial score (nSPS) is 27.7. The van der Waals surface area contributed by atoms with Crippen LogP contribution in [0.25, 0.3) is 0 Å². The van der Waals surface area contributed by atoms with Crippen LogP contribution in [0, 0.1) is 23.6 Å². The Morgan fingerprint density at radius 3 is 2.52 bits per heavy atom. The minimum Gasteiger partial charge on any atom is -0.493 e. The Bertz CT molecular complexity index is 809. The van der Waals surface area contributed by atoms with Crippen LogP contribution in [0.15, 0.2) is 12.1 Å². The summed E-state index contributed by atoms with van der Waals surface area (Å²) in [6.07, 6.45) is 6.67. The molecule has 1 aromatic carbocycles. The first kappa shape index (κ1) is 16.8. The number of sulfonamides is 1. The van der Waals surface area contributed by atoms with E-state index in [1.807, 2.05) is 4.72 Å². The molecule has 1 N–H and O–H groups in total. The summed E-state index contributed by atoms with van der Waals surface area (Å²) in [6, 6.07) is 2.69. The van der Waals surface area contributed by atoms with Crippen molar-refractivity contribution in [3.63, 3.8) is 0 Å². The number of carbonyl (C=O) groups is 1. The van der Waals surface area contributed by atoms with Crippen LogP contribution in [0.2, 0.25) is 0 Å². The number of fused-ring (bicyclic) bond motifs is 1. The topological polar surface area (TPSA) is 72.5 Å². The lowest BCUT2D eigenvalue weighted by Crippen LogP contribution is -2.30. The fourth-order valence-corrected chi connectivity index (χ4v) is 4.66. The molecule has 0 aliphatic heterocycles. The average Bonchev–Trinajstić information content (AvgIpc) is 3.42. The largest absolute Gasteiger partial charge is 0.493 e. The van der Waals surface area contributed by atoms with Gasteiger partial charge in [-0.1, -0.05) is 6.42 Å². The highest BCUT2D eigenvalue weighted by Crippen LogP contribution is 2.57. The molecule has 136 valence electrons. The van der Waals surface area contributed by atoms with Crippen LogP contribution in [0.5, 0.6) is 5.75 Å². The summed E-state index contributed by atoms with van der Waals surface area (Å²) in [5.41, 5.74) is 0.564. The zero-order valence-electron chi connectivity index (χ0n) is 14.1. The standard InChI is InChI=1S/C18H22FNO4S/c1-25(22,23)20-18(21)14-7-13(10-5-6-10)17(8-16(14)19)24-9-15-11-3-2-4-12(11)15/h7-8,10-12,15H,2-6,9H2,1H3,(H,20,21)/t11-,12+,15?. The van der Waals surface area contributed by atoms with Crippen molar-refractivity contribution in [2.75, 3.05) is 12.9 Å². The number of hydrogen-bond donors (Lipinski definition) is 1. The van der Waals surface area contributed by atoms with Gasteiger partial charge in [0.25, 0.3) is 5.91 Å². The lowest BCUT2D eigenvalue weighted by molar-refractivity contribution is 0.0977. The summed E-state index contributed by atoms with van der Waals surface area (Å²) in [6.45, 7) is 0.601. The van der Waals surface area contributed by atoms with Crippen molar-refractivity contribution in [1.29, 1.82) is 0 Å². The van der Waals surface area contributed by atoms with E-state index in [1.165, 1.54) is 31.4 Å². The molecule has 0 bridgehead atoms. The summed E-state index contributed by atoms with van der Waals surface area (Å²) in [7, 11) is -3.74. The molecule has 0 aromatic heterocycles. The van der Waals surface area contributed by atoms with Crippen molar-refractivity contribution < 1.29 is 22.3 Å². The Morgan fingerprint density at radius 2 is 1.92 bits per heavy atom. The van der Waals surface area contributed by atoms with E-state index >= 15 is 0 Å². The number of benzene rings is 1.